The van der Waals surface area contributed by atoms with Gasteiger partial charge in [-0.3, -0.25) is 0 Å². The van der Waals surface area contributed by atoms with E-state index in [1.54, 1.807) is 0 Å². The molecule has 1 atom stereocenters. The molecule has 1 N–H and O–H groups in total. The van der Waals surface area contributed by atoms with Gasteiger partial charge in [0.1, 0.15) is 0 Å². The highest BCUT2D eigenvalue weighted by Crippen LogP contribution is 2.16. The fourth-order valence-electron chi connectivity index (χ4n) is 0.850. The summed E-state index contributed by atoms with van der Waals surface area (Å²) in [5, 5.41) is 8.86. The molecular weight excluding hydrogens is 196 g/mol. The molecule has 15 heavy (non-hydrogen) atoms. The van der Waals surface area contributed by atoms with E-state index in [9.17, 15) is 4.79 Å². The van der Waals surface area contributed by atoms with Crippen molar-refractivity contribution < 1.29 is 19.7 Å². The first-order valence-electron chi connectivity index (χ1n) is 5.50. The molecule has 0 aliphatic carbocycles. The first-order valence-corrected chi connectivity index (χ1v) is 5.50. The van der Waals surface area contributed by atoms with Gasteiger partial charge in [-0.2, -0.15) is 0 Å². The largest absolute Gasteiger partial charge is 0.479 e. The lowest BCUT2D eigenvalue weighted by Gasteiger charge is -2.23. The molecule has 0 aliphatic heterocycles. The van der Waals surface area contributed by atoms with Crippen LogP contribution in [-0.4, -0.2) is 22.8 Å². The van der Waals surface area contributed by atoms with Crippen LogP contribution < -0.4 is 0 Å². The van der Waals surface area contributed by atoms with Gasteiger partial charge >= 0.3 is 5.97 Å². The Morgan fingerprint density at radius 1 is 1.40 bits per heavy atom. The highest BCUT2D eigenvalue weighted by molar-refractivity contribution is 5.72. The third-order valence-electron chi connectivity index (χ3n) is 2.34. The maximum absolute atomic E-state index is 10.8. The van der Waals surface area contributed by atoms with Gasteiger partial charge in [-0.25, -0.2) is 14.6 Å². The van der Waals surface area contributed by atoms with Crippen LogP contribution in [0.1, 0.15) is 53.4 Å². The predicted molar refractivity (Wildman–Crippen MR) is 57.5 cm³/mol. The minimum atomic E-state index is -0.963. The lowest BCUT2D eigenvalue weighted by molar-refractivity contribution is -0.373. The third-order valence-corrected chi connectivity index (χ3v) is 2.34. The molecule has 0 aromatic carbocycles. The Bertz CT molecular complexity index is 189. The number of rotatable bonds is 8. The number of carbonyl (C=O) groups is 1. The van der Waals surface area contributed by atoms with E-state index in [4.69, 9.17) is 14.9 Å². The quantitative estimate of drug-likeness (QED) is 0.502. The predicted octanol–water partition coefficient (Wildman–Crippen LogP) is 2.77. The van der Waals surface area contributed by atoms with Crippen molar-refractivity contribution in [1.29, 1.82) is 0 Å². The number of hydrogen-bond acceptors (Lipinski definition) is 3. The highest BCUT2D eigenvalue weighted by atomic mass is 17.2. The van der Waals surface area contributed by atoms with Crippen LogP contribution in [0.3, 0.4) is 0 Å². The fourth-order valence-corrected chi connectivity index (χ4v) is 0.850. The number of carboxylic acids is 1. The SMILES string of the molecule is CCCCC(OOC(C)(C)CC)C(=O)O. The second-order valence-corrected chi connectivity index (χ2v) is 4.26. The summed E-state index contributed by atoms with van der Waals surface area (Å²) < 4.78 is 0. The second kappa shape index (κ2) is 6.80. The van der Waals surface area contributed by atoms with E-state index in [0.29, 0.717) is 6.42 Å². The molecule has 0 saturated heterocycles. The summed E-state index contributed by atoms with van der Waals surface area (Å²) in [6.07, 6.45) is 2.19. The van der Waals surface area contributed by atoms with Gasteiger partial charge in [-0.1, -0.05) is 26.7 Å². The summed E-state index contributed by atoms with van der Waals surface area (Å²) >= 11 is 0. The van der Waals surface area contributed by atoms with E-state index in [2.05, 4.69) is 0 Å². The molecule has 0 rings (SSSR count). The van der Waals surface area contributed by atoms with Crippen LogP contribution in [0.5, 0.6) is 0 Å². The number of unbranched alkanes of at least 4 members (excludes halogenated alkanes) is 1. The van der Waals surface area contributed by atoms with Crippen molar-refractivity contribution in [1.82, 2.24) is 0 Å². The average molecular weight is 218 g/mol. The van der Waals surface area contributed by atoms with Crippen molar-refractivity contribution in [2.75, 3.05) is 0 Å². The van der Waals surface area contributed by atoms with E-state index in [1.807, 2.05) is 27.7 Å². The Hall–Kier alpha value is -0.610. The van der Waals surface area contributed by atoms with Gasteiger partial charge in [0.15, 0.2) is 6.10 Å². The summed E-state index contributed by atoms with van der Waals surface area (Å²) in [6, 6.07) is 0. The van der Waals surface area contributed by atoms with Crippen LogP contribution in [0.15, 0.2) is 0 Å². The Labute approximate surface area is 91.5 Å². The van der Waals surface area contributed by atoms with E-state index >= 15 is 0 Å². The molecule has 90 valence electrons. The lowest BCUT2D eigenvalue weighted by Crippen LogP contribution is -2.31. The smallest absolute Gasteiger partial charge is 0.336 e. The van der Waals surface area contributed by atoms with Crippen molar-refractivity contribution in [2.45, 2.75) is 65.1 Å². The van der Waals surface area contributed by atoms with E-state index in [1.165, 1.54) is 0 Å². The lowest BCUT2D eigenvalue weighted by atomic mass is 10.1. The number of hydrogen-bond donors (Lipinski definition) is 1. The Kier molecular flexibility index (Phi) is 6.52. The summed E-state index contributed by atoms with van der Waals surface area (Å²) in [4.78, 5) is 20.9. The zero-order valence-corrected chi connectivity index (χ0v) is 10.1. The fraction of sp³-hybridized carbons (Fsp3) is 0.909. The monoisotopic (exact) mass is 218 g/mol. The van der Waals surface area contributed by atoms with Crippen molar-refractivity contribution in [3.63, 3.8) is 0 Å². The maximum atomic E-state index is 10.8. The van der Waals surface area contributed by atoms with Crippen LogP contribution in [0, 0.1) is 0 Å². The van der Waals surface area contributed by atoms with Crippen molar-refractivity contribution in [3.05, 3.63) is 0 Å². The van der Waals surface area contributed by atoms with Gasteiger partial charge in [-0.05, 0) is 26.7 Å². The zero-order chi connectivity index (χ0) is 11.9. The van der Waals surface area contributed by atoms with Gasteiger partial charge in [0, 0.05) is 0 Å². The molecule has 1 unspecified atom stereocenters. The van der Waals surface area contributed by atoms with Crippen LogP contribution in [0.4, 0.5) is 0 Å². The van der Waals surface area contributed by atoms with Gasteiger partial charge < -0.3 is 5.11 Å². The summed E-state index contributed by atoms with van der Waals surface area (Å²) in [5.74, 6) is -0.963. The normalized spacial score (nSPS) is 13.9. The molecule has 0 spiro atoms. The van der Waals surface area contributed by atoms with Crippen LogP contribution in [0.25, 0.3) is 0 Å². The summed E-state index contributed by atoms with van der Waals surface area (Å²) in [7, 11) is 0. The van der Waals surface area contributed by atoms with Crippen LogP contribution >= 0.6 is 0 Å². The summed E-state index contributed by atoms with van der Waals surface area (Å²) in [5.41, 5.74) is -0.431. The summed E-state index contributed by atoms with van der Waals surface area (Å²) in [6.45, 7) is 7.71. The van der Waals surface area contributed by atoms with Crippen LogP contribution in [0.2, 0.25) is 0 Å². The van der Waals surface area contributed by atoms with Crippen molar-refractivity contribution in [3.8, 4) is 0 Å². The standard InChI is InChI=1S/C11H22O4/c1-5-7-8-9(10(12)13)14-15-11(3,4)6-2/h9H,5-8H2,1-4H3,(H,12,13). The third kappa shape index (κ3) is 6.47. The molecule has 0 aromatic heterocycles. The number of aliphatic carboxylic acids is 1. The average Bonchev–Trinajstić information content (AvgIpc) is 2.17. The Balaban J connectivity index is 4.01. The molecule has 0 aliphatic rings. The molecule has 0 fully saturated rings. The van der Waals surface area contributed by atoms with Gasteiger partial charge in [0.25, 0.3) is 0 Å². The van der Waals surface area contributed by atoms with E-state index < -0.39 is 17.7 Å². The molecular formula is C11H22O4. The Morgan fingerprint density at radius 3 is 2.40 bits per heavy atom. The molecule has 0 heterocycles. The van der Waals surface area contributed by atoms with E-state index in [0.717, 1.165) is 19.3 Å². The Morgan fingerprint density at radius 2 is 2.00 bits per heavy atom. The molecule has 4 nitrogen and oxygen atoms in total. The highest BCUT2D eigenvalue weighted by Gasteiger charge is 2.24. The van der Waals surface area contributed by atoms with Gasteiger partial charge in [-0.15, -0.1) is 0 Å². The van der Waals surface area contributed by atoms with Crippen molar-refractivity contribution in [2.24, 2.45) is 0 Å². The number of carboxylic acid groups (broad SMARTS) is 1. The second-order valence-electron chi connectivity index (χ2n) is 4.26. The first-order chi connectivity index (χ1) is 6.93. The maximum Gasteiger partial charge on any atom is 0.336 e. The van der Waals surface area contributed by atoms with Gasteiger partial charge in [0.05, 0.1) is 5.60 Å². The molecule has 0 aromatic rings. The minimum Gasteiger partial charge on any atom is -0.479 e. The van der Waals surface area contributed by atoms with E-state index in [-0.39, 0.29) is 0 Å². The molecule has 0 radical (unpaired) electrons. The minimum absolute atomic E-state index is 0.431. The first kappa shape index (κ1) is 14.4. The molecule has 0 amide bonds. The van der Waals surface area contributed by atoms with Crippen LogP contribution in [-0.2, 0) is 14.6 Å². The zero-order valence-electron chi connectivity index (χ0n) is 10.1. The van der Waals surface area contributed by atoms with Crippen molar-refractivity contribution >= 4 is 5.97 Å². The van der Waals surface area contributed by atoms with Gasteiger partial charge in [0.2, 0.25) is 0 Å². The topological polar surface area (TPSA) is 55.8 Å². The molecule has 0 bridgehead atoms. The molecule has 4 heteroatoms. The molecule has 0 saturated carbocycles.